The molecule has 1 aromatic heterocycles. The first-order valence-corrected chi connectivity index (χ1v) is 11.1. The molecule has 2 N–H and O–H groups in total. The van der Waals surface area contributed by atoms with Crippen molar-refractivity contribution in [3.8, 4) is 12.3 Å². The van der Waals surface area contributed by atoms with E-state index < -0.39 is 18.0 Å². The first kappa shape index (κ1) is 22.2. The third kappa shape index (κ3) is 4.19. The van der Waals surface area contributed by atoms with Crippen molar-refractivity contribution in [3.05, 3.63) is 47.0 Å². The van der Waals surface area contributed by atoms with E-state index in [9.17, 15) is 9.90 Å². The minimum atomic E-state index is -0.775. The van der Waals surface area contributed by atoms with Gasteiger partial charge in [0.1, 0.15) is 6.61 Å². The monoisotopic (exact) mass is 435 g/mol. The van der Waals surface area contributed by atoms with E-state index in [1.54, 1.807) is 5.01 Å². The molecule has 0 amide bonds. The predicted molar refractivity (Wildman–Crippen MR) is 120 cm³/mol. The molecule has 0 spiro atoms. The molecule has 0 bridgehead atoms. The van der Waals surface area contributed by atoms with Crippen LogP contribution in [-0.2, 0) is 20.7 Å². The van der Waals surface area contributed by atoms with Crippen LogP contribution >= 0.6 is 0 Å². The summed E-state index contributed by atoms with van der Waals surface area (Å²) in [5.41, 5.74) is 3.06. The van der Waals surface area contributed by atoms with E-state index in [2.05, 4.69) is 21.9 Å². The highest BCUT2D eigenvalue weighted by Crippen LogP contribution is 2.44. The van der Waals surface area contributed by atoms with E-state index in [1.165, 1.54) is 7.11 Å². The van der Waals surface area contributed by atoms with Gasteiger partial charge in [-0.1, -0.05) is 24.1 Å². The lowest BCUT2D eigenvalue weighted by Gasteiger charge is -2.41. The van der Waals surface area contributed by atoms with Crippen molar-refractivity contribution in [1.29, 1.82) is 0 Å². The van der Waals surface area contributed by atoms with Gasteiger partial charge in [-0.3, -0.25) is 4.79 Å². The van der Waals surface area contributed by atoms with Gasteiger partial charge in [0.2, 0.25) is 0 Å². The second kappa shape index (κ2) is 9.65. The molecule has 5 atom stereocenters. The Labute approximate surface area is 188 Å². The zero-order chi connectivity index (χ0) is 22.7. The van der Waals surface area contributed by atoms with E-state index in [0.717, 1.165) is 28.6 Å². The summed E-state index contributed by atoms with van der Waals surface area (Å²) in [5, 5.41) is 13.6. The Morgan fingerprint density at radius 3 is 2.97 bits per heavy atom. The molecule has 1 aromatic carbocycles. The zero-order valence-corrected chi connectivity index (χ0v) is 18.3. The molecule has 168 valence electrons. The molecule has 2 aliphatic rings. The van der Waals surface area contributed by atoms with Crippen molar-refractivity contribution in [2.24, 2.45) is 17.8 Å². The van der Waals surface area contributed by atoms with Crippen LogP contribution in [0.3, 0.4) is 0 Å². The molecule has 1 fully saturated rings. The number of nitrogens with one attached hydrogen (secondary N) is 1. The fourth-order valence-electron chi connectivity index (χ4n) is 5.51. The van der Waals surface area contributed by atoms with E-state index >= 15 is 0 Å². The number of fused-ring (bicyclic) bond motifs is 4. The molecule has 0 saturated heterocycles. The van der Waals surface area contributed by atoms with Gasteiger partial charge in [-0.15, -0.1) is 11.4 Å². The van der Waals surface area contributed by atoms with Crippen LogP contribution in [0, 0.1) is 36.7 Å². The number of methoxy groups -OCH3 is 1. The molecule has 0 radical (unpaired) electrons. The Bertz CT molecular complexity index is 1050. The number of aliphatic hydroxyl groups excluding tert-OH is 1. The minimum Gasteiger partial charge on any atom is -0.469 e. The van der Waals surface area contributed by atoms with E-state index in [-0.39, 0.29) is 24.5 Å². The number of benzene rings is 1. The Hall–Kier alpha value is -3.00. The number of para-hydroxylation sites is 1. The van der Waals surface area contributed by atoms with Crippen molar-refractivity contribution in [2.75, 3.05) is 26.8 Å². The van der Waals surface area contributed by atoms with Crippen LogP contribution in [0.5, 0.6) is 0 Å². The van der Waals surface area contributed by atoms with Crippen LogP contribution in [0.15, 0.2) is 24.3 Å². The van der Waals surface area contributed by atoms with Gasteiger partial charge in [-0.05, 0) is 49.1 Å². The van der Waals surface area contributed by atoms with Crippen molar-refractivity contribution >= 4 is 16.9 Å². The normalized spacial score (nSPS) is 28.1. The SMILES string of the molecule is [C-]#[N+]N1CCc2c([nH]c3ccccc23)[C@@H](OCC#C)C[C@H]2[C@@H](CC[C@H](O)[C@@H]2C(=O)OC)C1. The smallest absolute Gasteiger partial charge is 0.311 e. The lowest BCUT2D eigenvalue weighted by Crippen LogP contribution is -2.47. The fourth-order valence-corrected chi connectivity index (χ4v) is 5.51. The van der Waals surface area contributed by atoms with Crippen molar-refractivity contribution in [3.63, 3.8) is 0 Å². The number of hydrogen-bond acceptors (Lipinski definition) is 5. The number of aromatic nitrogens is 1. The van der Waals surface area contributed by atoms with Gasteiger partial charge < -0.3 is 19.6 Å². The lowest BCUT2D eigenvalue weighted by molar-refractivity contribution is -0.158. The largest absolute Gasteiger partial charge is 0.469 e. The maximum atomic E-state index is 12.7. The van der Waals surface area contributed by atoms with Crippen LogP contribution in [0.25, 0.3) is 15.9 Å². The van der Waals surface area contributed by atoms with Gasteiger partial charge in [-0.25, -0.2) is 0 Å². The molecule has 2 heterocycles. The number of terminal acetylenes is 1. The Kier molecular flexibility index (Phi) is 6.69. The molecule has 1 aliphatic carbocycles. The molecule has 7 heteroatoms. The first-order valence-electron chi connectivity index (χ1n) is 11.1. The van der Waals surface area contributed by atoms with Crippen molar-refractivity contribution in [1.82, 2.24) is 9.99 Å². The second-order valence-electron chi connectivity index (χ2n) is 8.68. The van der Waals surface area contributed by atoms with Gasteiger partial charge in [0.05, 0.1) is 38.3 Å². The lowest BCUT2D eigenvalue weighted by atomic mass is 9.67. The highest BCUT2D eigenvalue weighted by Gasteiger charge is 2.46. The second-order valence-corrected chi connectivity index (χ2v) is 8.68. The van der Waals surface area contributed by atoms with E-state index in [1.807, 2.05) is 18.2 Å². The Morgan fingerprint density at radius 2 is 2.22 bits per heavy atom. The highest BCUT2D eigenvalue weighted by molar-refractivity contribution is 5.84. The molecule has 32 heavy (non-hydrogen) atoms. The van der Waals surface area contributed by atoms with Gasteiger partial charge in [0, 0.05) is 16.6 Å². The minimum absolute atomic E-state index is 0.0689. The number of aromatic amines is 1. The molecule has 1 aliphatic heterocycles. The number of nitrogens with zero attached hydrogens (tertiary/aromatic N) is 2. The maximum absolute atomic E-state index is 12.7. The standard InChI is InChI=1S/C25H29N3O4/c1-4-13-32-22-14-19-16(9-10-21(29)23(19)25(30)31-3)15-28(26-2)12-11-18-17-7-5-6-8-20(17)27-24(18)22/h1,5-8,16,19,21-23,27,29H,9-15H2,3H3/t16-,19-,21-,22-,23+/m0/s1. The topological polar surface area (TPSA) is 79.2 Å². The average Bonchev–Trinajstić information content (AvgIpc) is 3.18. The Morgan fingerprint density at radius 1 is 1.41 bits per heavy atom. The van der Waals surface area contributed by atoms with E-state index in [4.69, 9.17) is 22.5 Å². The molecule has 7 nitrogen and oxygen atoms in total. The van der Waals surface area contributed by atoms with Crippen molar-refractivity contribution in [2.45, 2.75) is 37.9 Å². The number of rotatable bonds is 3. The summed E-state index contributed by atoms with van der Waals surface area (Å²) in [6.07, 6.45) is 6.86. The number of carbonyl (C=O) groups excluding carboxylic acids is 1. The third-order valence-corrected chi connectivity index (χ3v) is 7.02. The Balaban J connectivity index is 1.82. The molecule has 2 aromatic rings. The highest BCUT2D eigenvalue weighted by atomic mass is 16.5. The van der Waals surface area contributed by atoms with Gasteiger partial charge in [-0.2, -0.15) is 11.5 Å². The third-order valence-electron chi connectivity index (χ3n) is 7.02. The fraction of sp³-hybridized carbons (Fsp3) is 0.520. The molecular formula is C25H29N3O4. The quantitative estimate of drug-likeness (QED) is 0.440. The maximum Gasteiger partial charge on any atom is 0.311 e. The summed E-state index contributed by atoms with van der Waals surface area (Å²) in [5.74, 6) is 1.36. The predicted octanol–water partition coefficient (Wildman–Crippen LogP) is 3.12. The molecule has 1 saturated carbocycles. The summed E-state index contributed by atoms with van der Waals surface area (Å²) in [7, 11) is 1.35. The molecule has 4 rings (SSSR count). The van der Waals surface area contributed by atoms with Crippen molar-refractivity contribution < 1.29 is 19.4 Å². The number of hydrogen-bond donors (Lipinski definition) is 2. The van der Waals surface area contributed by atoms with Crippen LogP contribution < -0.4 is 0 Å². The summed E-state index contributed by atoms with van der Waals surface area (Å²) in [4.78, 5) is 20.0. The zero-order valence-electron chi connectivity index (χ0n) is 18.3. The summed E-state index contributed by atoms with van der Waals surface area (Å²) in [6.45, 7) is 8.98. The van der Waals surface area contributed by atoms with Crippen LogP contribution in [0.1, 0.15) is 36.6 Å². The summed E-state index contributed by atoms with van der Waals surface area (Å²) in [6, 6.07) is 8.08. The summed E-state index contributed by atoms with van der Waals surface area (Å²) >= 11 is 0. The number of esters is 1. The number of carbonyl (C=O) groups is 1. The van der Waals surface area contributed by atoms with Crippen LogP contribution in [-0.4, -0.2) is 54.0 Å². The van der Waals surface area contributed by atoms with Gasteiger partial charge in [0.15, 0.2) is 0 Å². The van der Waals surface area contributed by atoms with E-state index in [0.29, 0.717) is 32.4 Å². The molecular weight excluding hydrogens is 406 g/mol. The van der Waals surface area contributed by atoms with Gasteiger partial charge >= 0.3 is 5.97 Å². The number of H-pyrrole nitrogens is 1. The average molecular weight is 436 g/mol. The van der Waals surface area contributed by atoms with Crippen LogP contribution in [0.4, 0.5) is 0 Å². The van der Waals surface area contributed by atoms with Gasteiger partial charge in [0.25, 0.3) is 0 Å². The summed E-state index contributed by atoms with van der Waals surface area (Å²) < 4.78 is 11.2. The first-order chi connectivity index (χ1) is 15.6. The van der Waals surface area contributed by atoms with Crippen LogP contribution in [0.2, 0.25) is 0 Å². The number of aliphatic hydroxyl groups is 1. The molecule has 0 unspecified atom stereocenters. The number of ether oxygens (including phenoxy) is 2.